The predicted molar refractivity (Wildman–Crippen MR) is 87.7 cm³/mol. The Balaban J connectivity index is 1.56. The molecule has 0 saturated heterocycles. The number of H-pyrrole nitrogens is 1. The number of fused-ring (bicyclic) bond motifs is 1. The normalized spacial score (nSPS) is 12.4. The molecule has 2 N–H and O–H groups in total. The topological polar surface area (TPSA) is 57.8 Å². The summed E-state index contributed by atoms with van der Waals surface area (Å²) in [6.45, 7) is 2.00. The Morgan fingerprint density at radius 3 is 3.00 bits per heavy atom. The largest absolute Gasteiger partial charge is 0.348 e. The van der Waals surface area contributed by atoms with Crippen molar-refractivity contribution in [1.29, 1.82) is 0 Å². The van der Waals surface area contributed by atoms with Crippen molar-refractivity contribution >= 4 is 40.0 Å². The Morgan fingerprint density at radius 2 is 2.24 bits per heavy atom. The number of thiophene rings is 1. The first kappa shape index (κ1) is 14.2. The third-order valence-electron chi connectivity index (χ3n) is 3.06. The number of carbonyl (C=O) groups is 1. The Hall–Kier alpha value is -1.79. The molecule has 0 saturated carbocycles. The summed E-state index contributed by atoms with van der Waals surface area (Å²) in [6, 6.07) is 11.9. The average Bonchev–Trinajstić information content (AvgIpc) is 3.14. The van der Waals surface area contributed by atoms with Crippen LogP contribution < -0.4 is 5.32 Å². The summed E-state index contributed by atoms with van der Waals surface area (Å²) in [5.41, 5.74) is 1.92. The number of hydrogen-bond donors (Lipinski definition) is 2. The number of imidazole rings is 1. The van der Waals surface area contributed by atoms with Gasteiger partial charge >= 0.3 is 0 Å². The fourth-order valence-electron chi connectivity index (χ4n) is 2.02. The first-order valence-electron chi connectivity index (χ1n) is 6.62. The maximum Gasteiger partial charge on any atom is 0.230 e. The number of hydrogen-bond acceptors (Lipinski definition) is 4. The quantitative estimate of drug-likeness (QED) is 0.707. The van der Waals surface area contributed by atoms with E-state index < -0.39 is 0 Å². The molecule has 21 heavy (non-hydrogen) atoms. The fourth-order valence-corrected chi connectivity index (χ4v) is 3.45. The number of carbonyl (C=O) groups excluding carboxylic acids is 1. The minimum Gasteiger partial charge on any atom is -0.348 e. The second-order valence-corrected chi connectivity index (χ2v) is 6.60. The van der Waals surface area contributed by atoms with Crippen LogP contribution >= 0.6 is 23.1 Å². The van der Waals surface area contributed by atoms with E-state index in [4.69, 9.17) is 0 Å². The van der Waals surface area contributed by atoms with Crippen molar-refractivity contribution in [3.8, 4) is 0 Å². The van der Waals surface area contributed by atoms with E-state index in [2.05, 4.69) is 15.3 Å². The molecule has 0 fully saturated rings. The van der Waals surface area contributed by atoms with Crippen LogP contribution in [0.4, 0.5) is 0 Å². The number of thioether (sulfide) groups is 1. The number of nitrogens with one attached hydrogen (secondary N) is 2. The van der Waals surface area contributed by atoms with Gasteiger partial charge in [-0.25, -0.2) is 4.98 Å². The van der Waals surface area contributed by atoms with Gasteiger partial charge in [0.15, 0.2) is 5.16 Å². The minimum absolute atomic E-state index is 0.0151. The molecule has 4 nitrogen and oxygen atoms in total. The molecule has 1 unspecified atom stereocenters. The number of amides is 1. The maximum absolute atomic E-state index is 12.0. The molecule has 6 heteroatoms. The van der Waals surface area contributed by atoms with Crippen LogP contribution in [-0.4, -0.2) is 21.6 Å². The molecule has 1 atom stereocenters. The molecule has 3 aromatic rings. The zero-order valence-corrected chi connectivity index (χ0v) is 13.1. The van der Waals surface area contributed by atoms with Crippen molar-refractivity contribution in [2.24, 2.45) is 0 Å². The first-order chi connectivity index (χ1) is 10.2. The van der Waals surface area contributed by atoms with Gasteiger partial charge in [-0.15, -0.1) is 11.3 Å². The van der Waals surface area contributed by atoms with E-state index in [0.717, 1.165) is 21.1 Å². The number of aromatic nitrogens is 2. The van der Waals surface area contributed by atoms with Crippen LogP contribution in [0.3, 0.4) is 0 Å². The maximum atomic E-state index is 12.0. The summed E-state index contributed by atoms with van der Waals surface area (Å²) in [7, 11) is 0. The van der Waals surface area contributed by atoms with E-state index in [-0.39, 0.29) is 11.9 Å². The third-order valence-corrected chi connectivity index (χ3v) is 4.98. The van der Waals surface area contributed by atoms with Crippen molar-refractivity contribution < 1.29 is 4.79 Å². The van der Waals surface area contributed by atoms with E-state index in [1.165, 1.54) is 11.8 Å². The van der Waals surface area contributed by atoms with Crippen LogP contribution in [0.25, 0.3) is 11.0 Å². The highest BCUT2D eigenvalue weighted by Gasteiger charge is 2.11. The molecule has 0 spiro atoms. The number of nitrogens with zero attached hydrogens (tertiary/aromatic N) is 1. The van der Waals surface area contributed by atoms with Gasteiger partial charge in [-0.3, -0.25) is 4.79 Å². The highest BCUT2D eigenvalue weighted by molar-refractivity contribution is 7.99. The molecule has 108 valence electrons. The predicted octanol–water partition coefficient (Wildman–Crippen LogP) is 3.59. The average molecular weight is 317 g/mol. The monoisotopic (exact) mass is 317 g/mol. The molecular formula is C15H15N3OS2. The minimum atomic E-state index is 0.0151. The van der Waals surface area contributed by atoms with Crippen LogP contribution in [0.1, 0.15) is 17.8 Å². The highest BCUT2D eigenvalue weighted by atomic mass is 32.2. The summed E-state index contributed by atoms with van der Waals surface area (Å²) < 4.78 is 0. The van der Waals surface area contributed by atoms with Crippen LogP contribution in [-0.2, 0) is 4.79 Å². The van der Waals surface area contributed by atoms with E-state index in [1.54, 1.807) is 11.3 Å². The zero-order chi connectivity index (χ0) is 14.7. The summed E-state index contributed by atoms with van der Waals surface area (Å²) >= 11 is 3.07. The lowest BCUT2D eigenvalue weighted by Gasteiger charge is -2.11. The van der Waals surface area contributed by atoms with Crippen LogP contribution in [0.2, 0.25) is 0 Å². The second-order valence-electron chi connectivity index (χ2n) is 4.65. The lowest BCUT2D eigenvalue weighted by atomic mass is 10.3. The first-order valence-corrected chi connectivity index (χ1v) is 8.49. The van der Waals surface area contributed by atoms with E-state index in [0.29, 0.717) is 5.75 Å². The highest BCUT2D eigenvalue weighted by Crippen LogP contribution is 2.20. The van der Waals surface area contributed by atoms with E-state index in [9.17, 15) is 4.79 Å². The fraction of sp³-hybridized carbons (Fsp3) is 0.200. The second kappa shape index (κ2) is 6.32. The number of rotatable bonds is 5. The van der Waals surface area contributed by atoms with Crippen molar-refractivity contribution in [3.63, 3.8) is 0 Å². The molecule has 1 amide bonds. The van der Waals surface area contributed by atoms with Gasteiger partial charge in [0.05, 0.1) is 22.8 Å². The molecule has 0 aliphatic heterocycles. The van der Waals surface area contributed by atoms with Crippen LogP contribution in [0.5, 0.6) is 0 Å². The molecule has 3 rings (SSSR count). The number of aromatic amines is 1. The number of benzene rings is 1. The van der Waals surface area contributed by atoms with Crippen molar-refractivity contribution in [3.05, 3.63) is 46.7 Å². The molecule has 2 aromatic heterocycles. The van der Waals surface area contributed by atoms with Crippen LogP contribution in [0.15, 0.2) is 46.9 Å². The Bertz CT molecular complexity index is 703. The summed E-state index contributed by atoms with van der Waals surface area (Å²) in [5.74, 6) is 0.372. The summed E-state index contributed by atoms with van der Waals surface area (Å²) in [4.78, 5) is 20.8. The van der Waals surface area contributed by atoms with E-state index >= 15 is 0 Å². The molecular weight excluding hydrogens is 302 g/mol. The van der Waals surface area contributed by atoms with Gasteiger partial charge in [-0.2, -0.15) is 0 Å². The van der Waals surface area contributed by atoms with Crippen molar-refractivity contribution in [1.82, 2.24) is 15.3 Å². The molecule has 1 aromatic carbocycles. The van der Waals surface area contributed by atoms with Gasteiger partial charge < -0.3 is 10.3 Å². The smallest absolute Gasteiger partial charge is 0.230 e. The summed E-state index contributed by atoms with van der Waals surface area (Å²) in [5, 5.41) is 5.78. The van der Waals surface area contributed by atoms with Crippen molar-refractivity contribution in [2.75, 3.05) is 5.75 Å². The molecule has 0 radical (unpaired) electrons. The van der Waals surface area contributed by atoms with Crippen molar-refractivity contribution in [2.45, 2.75) is 18.1 Å². The van der Waals surface area contributed by atoms with Crippen LogP contribution in [0, 0.1) is 0 Å². The standard InChI is InChI=1S/C15H15N3OS2/c1-10(13-7-4-8-20-13)16-14(19)9-21-15-17-11-5-2-3-6-12(11)18-15/h2-8,10H,9H2,1H3,(H,16,19)(H,17,18). The Morgan fingerprint density at radius 1 is 1.38 bits per heavy atom. The lowest BCUT2D eigenvalue weighted by Crippen LogP contribution is -2.27. The lowest BCUT2D eigenvalue weighted by molar-refractivity contribution is -0.119. The van der Waals surface area contributed by atoms with Gasteiger partial charge in [0, 0.05) is 4.88 Å². The molecule has 0 aliphatic rings. The van der Waals surface area contributed by atoms with Gasteiger partial charge in [0.25, 0.3) is 0 Å². The molecule has 0 bridgehead atoms. The Kier molecular flexibility index (Phi) is 4.26. The van der Waals surface area contributed by atoms with E-state index in [1.807, 2.05) is 48.7 Å². The van der Waals surface area contributed by atoms with Gasteiger partial charge in [-0.1, -0.05) is 30.0 Å². The molecule has 0 aliphatic carbocycles. The molecule has 2 heterocycles. The summed E-state index contributed by atoms with van der Waals surface area (Å²) in [6.07, 6.45) is 0. The van der Waals surface area contributed by atoms with Gasteiger partial charge in [0.1, 0.15) is 0 Å². The zero-order valence-electron chi connectivity index (χ0n) is 11.5. The Labute approximate surface area is 131 Å². The van der Waals surface area contributed by atoms with Gasteiger partial charge in [-0.05, 0) is 30.5 Å². The third kappa shape index (κ3) is 3.46. The SMILES string of the molecule is CC(NC(=O)CSc1nc2ccccc2[nH]1)c1cccs1. The van der Waals surface area contributed by atoms with Gasteiger partial charge in [0.2, 0.25) is 5.91 Å². The number of para-hydroxylation sites is 2.